The second-order valence-corrected chi connectivity index (χ2v) is 8.06. The normalized spacial score (nSPS) is 26.7. The van der Waals surface area contributed by atoms with E-state index in [1.807, 2.05) is 11.8 Å². The number of rotatable bonds is 3. The predicted octanol–water partition coefficient (Wildman–Crippen LogP) is 4.68. The maximum atomic E-state index is 6.20. The van der Waals surface area contributed by atoms with Crippen LogP contribution in [0.3, 0.4) is 0 Å². The zero-order chi connectivity index (χ0) is 14.7. The van der Waals surface area contributed by atoms with Crippen LogP contribution in [-0.4, -0.2) is 17.5 Å². The average molecular weight is 305 g/mol. The van der Waals surface area contributed by atoms with E-state index < -0.39 is 0 Å². The quantitative estimate of drug-likeness (QED) is 0.880. The third kappa shape index (κ3) is 3.82. The monoisotopic (exact) mass is 305 g/mol. The molecule has 0 amide bonds. The van der Waals surface area contributed by atoms with Crippen LogP contribution in [0.25, 0.3) is 0 Å². The van der Waals surface area contributed by atoms with Gasteiger partial charge in [-0.2, -0.15) is 0 Å². The molecule has 116 valence electrons. The number of hydrogen-bond donors (Lipinski definition) is 1. The lowest BCUT2D eigenvalue weighted by atomic mass is 9.80. The average Bonchev–Trinajstić information content (AvgIpc) is 2.48. The van der Waals surface area contributed by atoms with E-state index in [1.54, 1.807) is 0 Å². The van der Waals surface area contributed by atoms with Crippen LogP contribution < -0.4 is 5.73 Å². The summed E-state index contributed by atoms with van der Waals surface area (Å²) in [5, 5.41) is 0.695. The first-order valence-electron chi connectivity index (χ1n) is 8.33. The minimum Gasteiger partial charge on any atom is -0.375 e. The fourth-order valence-corrected chi connectivity index (χ4v) is 5.04. The lowest BCUT2D eigenvalue weighted by Crippen LogP contribution is -2.42. The standard InChI is InChI=1S/C18H27NOS/c1-14(19)15-6-5-7-16(12-15)21-17-8-11-20-18(13-17)9-3-2-4-10-18/h5-7,12,14,17H,2-4,8-11,13,19H2,1H3. The molecule has 2 atom stereocenters. The summed E-state index contributed by atoms with van der Waals surface area (Å²) in [6.45, 7) is 2.99. The SMILES string of the molecule is CC(N)c1cccc(SC2CCOC3(CCCCC3)C2)c1. The second-order valence-electron chi connectivity index (χ2n) is 6.69. The van der Waals surface area contributed by atoms with Crippen LogP contribution in [-0.2, 0) is 4.74 Å². The summed E-state index contributed by atoms with van der Waals surface area (Å²) in [5.74, 6) is 0. The van der Waals surface area contributed by atoms with Crippen molar-refractivity contribution in [1.82, 2.24) is 0 Å². The highest BCUT2D eigenvalue weighted by molar-refractivity contribution is 8.00. The van der Waals surface area contributed by atoms with Gasteiger partial charge in [0.1, 0.15) is 0 Å². The van der Waals surface area contributed by atoms with Crippen molar-refractivity contribution in [2.45, 2.75) is 73.7 Å². The summed E-state index contributed by atoms with van der Waals surface area (Å²) in [4.78, 5) is 1.36. The maximum Gasteiger partial charge on any atom is 0.0693 e. The molecule has 1 saturated carbocycles. The highest BCUT2D eigenvalue weighted by atomic mass is 32.2. The molecule has 3 heteroatoms. The van der Waals surface area contributed by atoms with Gasteiger partial charge in [-0.3, -0.25) is 0 Å². The number of thioether (sulfide) groups is 1. The summed E-state index contributed by atoms with van der Waals surface area (Å²) in [5.41, 5.74) is 7.44. The molecule has 1 heterocycles. The molecule has 0 bridgehead atoms. The molecule has 2 unspecified atom stereocenters. The molecule has 1 aromatic rings. The van der Waals surface area contributed by atoms with Crippen molar-refractivity contribution in [2.75, 3.05) is 6.61 Å². The fraction of sp³-hybridized carbons (Fsp3) is 0.667. The first-order valence-corrected chi connectivity index (χ1v) is 9.21. The van der Waals surface area contributed by atoms with Gasteiger partial charge >= 0.3 is 0 Å². The van der Waals surface area contributed by atoms with E-state index in [9.17, 15) is 0 Å². The molecular weight excluding hydrogens is 278 g/mol. The molecule has 2 nitrogen and oxygen atoms in total. The van der Waals surface area contributed by atoms with E-state index in [0.29, 0.717) is 5.25 Å². The highest BCUT2D eigenvalue weighted by Crippen LogP contribution is 2.43. The van der Waals surface area contributed by atoms with E-state index in [0.717, 1.165) is 6.61 Å². The molecule has 2 N–H and O–H groups in total. The second kappa shape index (κ2) is 6.72. The van der Waals surface area contributed by atoms with Crippen molar-refractivity contribution in [3.63, 3.8) is 0 Å². The zero-order valence-electron chi connectivity index (χ0n) is 13.0. The van der Waals surface area contributed by atoms with Crippen molar-refractivity contribution in [3.05, 3.63) is 29.8 Å². The largest absolute Gasteiger partial charge is 0.375 e. The molecule has 3 rings (SSSR count). The smallest absolute Gasteiger partial charge is 0.0693 e. The fourth-order valence-electron chi connectivity index (χ4n) is 3.69. The lowest BCUT2D eigenvalue weighted by molar-refractivity contribution is -0.0970. The molecule has 2 fully saturated rings. The van der Waals surface area contributed by atoms with E-state index in [4.69, 9.17) is 10.5 Å². The Morgan fingerprint density at radius 2 is 2.10 bits per heavy atom. The maximum absolute atomic E-state index is 6.20. The topological polar surface area (TPSA) is 35.2 Å². The van der Waals surface area contributed by atoms with Crippen LogP contribution >= 0.6 is 11.8 Å². The van der Waals surface area contributed by atoms with Crippen LogP contribution in [0, 0.1) is 0 Å². The van der Waals surface area contributed by atoms with E-state index in [2.05, 4.69) is 31.2 Å². The Balaban J connectivity index is 1.65. The Morgan fingerprint density at radius 3 is 2.86 bits per heavy atom. The Morgan fingerprint density at radius 1 is 1.29 bits per heavy atom. The van der Waals surface area contributed by atoms with Gasteiger partial charge in [0.25, 0.3) is 0 Å². The molecule has 1 aliphatic heterocycles. The Labute approximate surface area is 132 Å². The highest BCUT2D eigenvalue weighted by Gasteiger charge is 2.38. The zero-order valence-corrected chi connectivity index (χ0v) is 13.8. The van der Waals surface area contributed by atoms with Gasteiger partial charge in [0.05, 0.1) is 5.60 Å². The summed E-state index contributed by atoms with van der Waals surface area (Å²) >= 11 is 2.03. The number of benzene rings is 1. The predicted molar refractivity (Wildman–Crippen MR) is 89.7 cm³/mol. The van der Waals surface area contributed by atoms with Crippen molar-refractivity contribution in [2.24, 2.45) is 5.73 Å². The molecule has 1 spiro atoms. The van der Waals surface area contributed by atoms with Crippen molar-refractivity contribution < 1.29 is 4.74 Å². The van der Waals surface area contributed by atoms with Gasteiger partial charge in [-0.05, 0) is 50.3 Å². The molecule has 0 radical (unpaired) electrons. The molecule has 0 aromatic heterocycles. The van der Waals surface area contributed by atoms with Crippen LogP contribution in [0.5, 0.6) is 0 Å². The Bertz CT molecular complexity index is 463. The molecule has 1 aliphatic carbocycles. The third-order valence-electron chi connectivity index (χ3n) is 4.90. The van der Waals surface area contributed by atoms with Crippen molar-refractivity contribution >= 4 is 11.8 Å². The molecule has 1 aromatic carbocycles. The van der Waals surface area contributed by atoms with Crippen LogP contribution in [0.4, 0.5) is 0 Å². The van der Waals surface area contributed by atoms with Gasteiger partial charge in [0.2, 0.25) is 0 Å². The number of nitrogens with two attached hydrogens (primary N) is 1. The van der Waals surface area contributed by atoms with Crippen molar-refractivity contribution in [3.8, 4) is 0 Å². The van der Waals surface area contributed by atoms with Gasteiger partial charge in [0.15, 0.2) is 0 Å². The van der Waals surface area contributed by atoms with E-state index in [1.165, 1.54) is 55.4 Å². The van der Waals surface area contributed by atoms with Crippen LogP contribution in [0.1, 0.15) is 63.5 Å². The van der Waals surface area contributed by atoms with E-state index in [-0.39, 0.29) is 11.6 Å². The van der Waals surface area contributed by atoms with E-state index >= 15 is 0 Å². The summed E-state index contributed by atoms with van der Waals surface area (Å²) in [6.07, 6.45) is 9.01. The Kier molecular flexibility index (Phi) is 4.92. The summed E-state index contributed by atoms with van der Waals surface area (Å²) in [7, 11) is 0. The number of hydrogen-bond acceptors (Lipinski definition) is 3. The van der Waals surface area contributed by atoms with Crippen LogP contribution in [0.15, 0.2) is 29.2 Å². The van der Waals surface area contributed by atoms with Gasteiger partial charge in [0, 0.05) is 22.8 Å². The number of ether oxygens (including phenoxy) is 1. The molecule has 1 saturated heterocycles. The van der Waals surface area contributed by atoms with Gasteiger partial charge in [-0.15, -0.1) is 11.8 Å². The minimum atomic E-state index is 0.116. The van der Waals surface area contributed by atoms with Gasteiger partial charge in [-0.25, -0.2) is 0 Å². The molecule has 2 aliphatic rings. The van der Waals surface area contributed by atoms with Crippen LogP contribution in [0.2, 0.25) is 0 Å². The van der Waals surface area contributed by atoms with Crippen molar-refractivity contribution in [1.29, 1.82) is 0 Å². The van der Waals surface area contributed by atoms with Gasteiger partial charge < -0.3 is 10.5 Å². The minimum absolute atomic E-state index is 0.116. The molecular formula is C18H27NOS. The lowest BCUT2D eigenvalue weighted by Gasteiger charge is -2.43. The summed E-state index contributed by atoms with van der Waals surface area (Å²) in [6, 6.07) is 8.86. The Hall–Kier alpha value is -0.510. The summed E-state index contributed by atoms with van der Waals surface area (Å²) < 4.78 is 6.20. The molecule has 21 heavy (non-hydrogen) atoms. The van der Waals surface area contributed by atoms with Gasteiger partial charge in [-0.1, -0.05) is 31.4 Å². The first-order chi connectivity index (χ1) is 10.2. The third-order valence-corrected chi connectivity index (χ3v) is 6.16. The first kappa shape index (κ1) is 15.4.